The summed E-state index contributed by atoms with van der Waals surface area (Å²) in [5.74, 6) is 3.76. The molecule has 34 heavy (non-hydrogen) atoms. The Morgan fingerprint density at radius 1 is 0.912 bits per heavy atom. The molecule has 3 aliphatic rings. The molecule has 1 fully saturated rings. The van der Waals surface area contributed by atoms with Gasteiger partial charge in [-0.2, -0.15) is 0 Å². The Kier molecular flexibility index (Phi) is 6.63. The van der Waals surface area contributed by atoms with E-state index in [4.69, 9.17) is 14.2 Å². The highest BCUT2D eigenvalue weighted by atomic mass is 16.5. The molecule has 0 aliphatic carbocycles. The summed E-state index contributed by atoms with van der Waals surface area (Å²) in [5.41, 5.74) is 5.34. The first kappa shape index (κ1) is 23.3. The summed E-state index contributed by atoms with van der Waals surface area (Å²) < 4.78 is 16.7. The van der Waals surface area contributed by atoms with E-state index in [-0.39, 0.29) is 11.8 Å². The predicted octanol–water partition coefficient (Wildman–Crippen LogP) is 4.64. The van der Waals surface area contributed by atoms with E-state index in [0.29, 0.717) is 23.6 Å². The number of nitrogens with zero attached hydrogens (tertiary/aromatic N) is 1. The van der Waals surface area contributed by atoms with E-state index >= 15 is 0 Å². The molecule has 1 saturated heterocycles. The molecule has 0 aromatic heterocycles. The van der Waals surface area contributed by atoms with Crippen molar-refractivity contribution < 1.29 is 19.3 Å². The highest BCUT2D eigenvalue weighted by molar-refractivity contribution is 5.50. The highest BCUT2D eigenvalue weighted by Gasteiger charge is 2.40. The minimum atomic E-state index is 0.241. The van der Waals surface area contributed by atoms with Gasteiger partial charge in [-0.15, -0.1) is 0 Å². The van der Waals surface area contributed by atoms with E-state index < -0.39 is 0 Å². The van der Waals surface area contributed by atoms with E-state index in [2.05, 4.69) is 29.3 Å². The van der Waals surface area contributed by atoms with E-state index in [9.17, 15) is 5.11 Å². The first-order chi connectivity index (χ1) is 16.6. The van der Waals surface area contributed by atoms with Crippen LogP contribution in [0.25, 0.3) is 0 Å². The van der Waals surface area contributed by atoms with Gasteiger partial charge in [0.05, 0.1) is 21.3 Å². The Balaban J connectivity index is 1.43. The first-order valence-electron chi connectivity index (χ1n) is 12.7. The average Bonchev–Trinajstić information content (AvgIpc) is 2.87. The van der Waals surface area contributed by atoms with Crippen LogP contribution in [-0.4, -0.2) is 51.0 Å². The van der Waals surface area contributed by atoms with Gasteiger partial charge in [0.15, 0.2) is 23.0 Å². The van der Waals surface area contributed by atoms with Gasteiger partial charge < -0.3 is 24.6 Å². The maximum Gasteiger partial charge on any atom is 0.161 e. The van der Waals surface area contributed by atoms with E-state index in [1.54, 1.807) is 21.3 Å². The van der Waals surface area contributed by atoms with Crippen molar-refractivity contribution >= 4 is 0 Å². The number of fused-ring (bicyclic) bond motifs is 4. The van der Waals surface area contributed by atoms with Crippen LogP contribution in [0.4, 0.5) is 0 Å². The van der Waals surface area contributed by atoms with Gasteiger partial charge >= 0.3 is 0 Å². The molecule has 5 rings (SSSR count). The van der Waals surface area contributed by atoms with Crippen LogP contribution >= 0.6 is 0 Å². The maximum atomic E-state index is 10.3. The Bertz CT molecular complexity index is 1040. The standard InChI is InChI=1S/C28H38N2O4/c1-5-17-16-30-9-7-19-13-27(33-3)28(34-4)15-22(19)24(30)11-20(17)10-23-21-14-26(32-2)25(31)12-18(21)6-8-29-23/h12-15,17,20,23-24,29,31H,5-11,16H2,1-4H3/t17-,20+,23+,24+/m0/s1. The molecule has 2 aromatic carbocycles. The largest absolute Gasteiger partial charge is 0.504 e. The predicted molar refractivity (Wildman–Crippen MR) is 133 cm³/mol. The summed E-state index contributed by atoms with van der Waals surface area (Å²) in [6.07, 6.45) is 5.46. The quantitative estimate of drug-likeness (QED) is 0.647. The topological polar surface area (TPSA) is 63.2 Å². The molecule has 0 spiro atoms. The van der Waals surface area contributed by atoms with Gasteiger partial charge in [0, 0.05) is 25.2 Å². The van der Waals surface area contributed by atoms with Crippen molar-refractivity contribution in [2.24, 2.45) is 11.8 Å². The molecule has 184 valence electrons. The molecule has 3 aliphatic heterocycles. The lowest BCUT2D eigenvalue weighted by atomic mass is 9.72. The Labute approximate surface area is 203 Å². The summed E-state index contributed by atoms with van der Waals surface area (Å²) in [4.78, 5) is 2.70. The molecule has 0 radical (unpaired) electrons. The van der Waals surface area contributed by atoms with Crippen molar-refractivity contribution in [2.45, 2.75) is 51.1 Å². The van der Waals surface area contributed by atoms with Crippen molar-refractivity contribution in [3.8, 4) is 23.0 Å². The van der Waals surface area contributed by atoms with Crippen LogP contribution in [0.1, 0.15) is 60.5 Å². The lowest BCUT2D eigenvalue weighted by Crippen LogP contribution is -2.46. The number of phenolic OH excluding ortho intramolecular Hbond substituents is 1. The molecular weight excluding hydrogens is 428 g/mol. The molecule has 0 bridgehead atoms. The molecule has 2 N–H and O–H groups in total. The third-order valence-electron chi connectivity index (χ3n) is 8.44. The number of methoxy groups -OCH3 is 3. The molecule has 3 heterocycles. The van der Waals surface area contributed by atoms with Gasteiger partial charge in [0.1, 0.15) is 0 Å². The van der Waals surface area contributed by atoms with Crippen LogP contribution in [0.15, 0.2) is 24.3 Å². The lowest BCUT2D eigenvalue weighted by Gasteiger charge is -2.48. The highest BCUT2D eigenvalue weighted by Crippen LogP contribution is 2.47. The van der Waals surface area contributed by atoms with Gasteiger partial charge in [0.25, 0.3) is 0 Å². The van der Waals surface area contributed by atoms with E-state index in [1.807, 2.05) is 12.1 Å². The van der Waals surface area contributed by atoms with Crippen LogP contribution in [0.3, 0.4) is 0 Å². The zero-order valence-electron chi connectivity index (χ0n) is 20.9. The molecule has 0 saturated carbocycles. The second-order valence-electron chi connectivity index (χ2n) is 10.0. The monoisotopic (exact) mass is 466 g/mol. The Morgan fingerprint density at radius 3 is 2.35 bits per heavy atom. The molecule has 0 amide bonds. The molecule has 6 nitrogen and oxygen atoms in total. The minimum absolute atomic E-state index is 0.241. The molecule has 4 atom stereocenters. The molecule has 0 unspecified atom stereocenters. The lowest BCUT2D eigenvalue weighted by molar-refractivity contribution is 0.0434. The van der Waals surface area contributed by atoms with Crippen molar-refractivity contribution in [3.63, 3.8) is 0 Å². The smallest absolute Gasteiger partial charge is 0.161 e. The number of benzene rings is 2. The van der Waals surface area contributed by atoms with Crippen LogP contribution in [0, 0.1) is 11.8 Å². The second-order valence-corrected chi connectivity index (χ2v) is 10.0. The van der Waals surface area contributed by atoms with Crippen molar-refractivity contribution in [1.29, 1.82) is 0 Å². The zero-order chi connectivity index (χ0) is 23.8. The summed E-state index contributed by atoms with van der Waals surface area (Å²) in [6, 6.07) is 9.06. The van der Waals surface area contributed by atoms with Crippen molar-refractivity contribution in [3.05, 3.63) is 46.5 Å². The van der Waals surface area contributed by atoms with E-state index in [0.717, 1.165) is 56.8 Å². The minimum Gasteiger partial charge on any atom is -0.504 e. The fraction of sp³-hybridized carbons (Fsp3) is 0.571. The Hall–Kier alpha value is -2.44. The number of piperidine rings is 1. The molecule has 2 aromatic rings. The first-order valence-corrected chi connectivity index (χ1v) is 12.7. The van der Waals surface area contributed by atoms with Gasteiger partial charge in [0.2, 0.25) is 0 Å². The fourth-order valence-electron chi connectivity index (χ4n) is 6.59. The molecule has 6 heteroatoms. The number of ether oxygens (including phenoxy) is 3. The second kappa shape index (κ2) is 9.67. The third kappa shape index (κ3) is 4.11. The number of rotatable bonds is 6. The van der Waals surface area contributed by atoms with Crippen molar-refractivity contribution in [1.82, 2.24) is 10.2 Å². The summed E-state index contributed by atoms with van der Waals surface area (Å²) >= 11 is 0. The molecular formula is C28H38N2O4. The normalized spacial score (nSPS) is 26.2. The van der Waals surface area contributed by atoms with E-state index in [1.165, 1.54) is 28.7 Å². The maximum absolute atomic E-state index is 10.3. The fourth-order valence-corrected chi connectivity index (χ4v) is 6.59. The number of aromatic hydroxyl groups is 1. The average molecular weight is 467 g/mol. The number of phenols is 1. The summed E-state index contributed by atoms with van der Waals surface area (Å²) in [6.45, 7) is 5.55. The third-order valence-corrected chi connectivity index (χ3v) is 8.44. The van der Waals surface area contributed by atoms with Crippen LogP contribution in [-0.2, 0) is 12.8 Å². The van der Waals surface area contributed by atoms with Gasteiger partial charge in [-0.25, -0.2) is 0 Å². The van der Waals surface area contributed by atoms with Gasteiger partial charge in [-0.3, -0.25) is 4.90 Å². The van der Waals surface area contributed by atoms with Gasteiger partial charge in [-0.05, 0) is 90.6 Å². The van der Waals surface area contributed by atoms with Crippen LogP contribution < -0.4 is 19.5 Å². The Morgan fingerprint density at radius 2 is 1.62 bits per heavy atom. The number of hydrogen-bond acceptors (Lipinski definition) is 6. The van der Waals surface area contributed by atoms with Gasteiger partial charge in [-0.1, -0.05) is 13.3 Å². The SMILES string of the molecule is CC[C@H]1CN2CCc3cc(OC)c(OC)cc3[C@H]2C[C@H]1C[C@H]1NCCc2cc(O)c(OC)cc21. The summed E-state index contributed by atoms with van der Waals surface area (Å²) in [7, 11) is 5.06. The number of nitrogens with one attached hydrogen (secondary N) is 1. The summed E-state index contributed by atoms with van der Waals surface area (Å²) in [5, 5.41) is 14.1. The van der Waals surface area contributed by atoms with Crippen LogP contribution in [0.5, 0.6) is 23.0 Å². The number of hydrogen-bond donors (Lipinski definition) is 2. The van der Waals surface area contributed by atoms with Crippen molar-refractivity contribution in [2.75, 3.05) is 41.0 Å². The zero-order valence-corrected chi connectivity index (χ0v) is 20.9. The van der Waals surface area contributed by atoms with Crippen LogP contribution in [0.2, 0.25) is 0 Å².